The molecule has 120 valence electrons. The van der Waals surface area contributed by atoms with E-state index >= 15 is 0 Å². The zero-order chi connectivity index (χ0) is 14.9. The molecule has 6 heteroatoms. The van der Waals surface area contributed by atoms with Gasteiger partial charge >= 0.3 is 6.03 Å². The lowest BCUT2D eigenvalue weighted by atomic mass is 10.1. The largest absolute Gasteiger partial charge is 0.377 e. The highest BCUT2D eigenvalue weighted by molar-refractivity contribution is 7.10. The van der Waals surface area contributed by atoms with E-state index in [2.05, 4.69) is 16.8 Å². The van der Waals surface area contributed by atoms with Gasteiger partial charge in [0.15, 0.2) is 0 Å². The minimum absolute atomic E-state index is 0.000587. The fourth-order valence-corrected chi connectivity index (χ4v) is 4.34. The van der Waals surface area contributed by atoms with Crippen LogP contribution < -0.4 is 5.32 Å². The van der Waals surface area contributed by atoms with Gasteiger partial charge in [-0.25, -0.2) is 4.79 Å². The summed E-state index contributed by atoms with van der Waals surface area (Å²) in [5.41, 5.74) is 1.25. The third-order valence-corrected chi connectivity index (χ3v) is 5.80. The van der Waals surface area contributed by atoms with Crippen molar-refractivity contribution in [1.82, 2.24) is 10.2 Å². The lowest BCUT2D eigenvalue weighted by Gasteiger charge is -2.36. The molecule has 1 saturated heterocycles. The molecule has 22 heavy (non-hydrogen) atoms. The van der Waals surface area contributed by atoms with Crippen molar-refractivity contribution in [3.8, 4) is 0 Å². The van der Waals surface area contributed by atoms with Crippen molar-refractivity contribution in [2.75, 3.05) is 32.9 Å². The van der Waals surface area contributed by atoms with E-state index in [4.69, 9.17) is 9.47 Å². The highest BCUT2D eigenvalue weighted by Gasteiger charge is 2.39. The van der Waals surface area contributed by atoms with E-state index in [0.29, 0.717) is 32.2 Å². The van der Waals surface area contributed by atoms with Gasteiger partial charge in [0, 0.05) is 24.4 Å². The molecule has 1 aromatic rings. The van der Waals surface area contributed by atoms with Crippen molar-refractivity contribution in [3.63, 3.8) is 0 Å². The summed E-state index contributed by atoms with van der Waals surface area (Å²) < 4.78 is 11.4. The quantitative estimate of drug-likeness (QED) is 0.928. The van der Waals surface area contributed by atoms with E-state index in [0.717, 1.165) is 13.0 Å². The van der Waals surface area contributed by atoms with E-state index in [1.807, 2.05) is 4.90 Å². The zero-order valence-electron chi connectivity index (χ0n) is 12.6. The summed E-state index contributed by atoms with van der Waals surface area (Å²) in [7, 11) is 0. The average Bonchev–Trinajstić information content (AvgIpc) is 3.29. The lowest BCUT2D eigenvalue weighted by Crippen LogP contribution is -2.54. The average molecular weight is 322 g/mol. The molecule has 1 saturated carbocycles. The minimum atomic E-state index is -0.000587. The van der Waals surface area contributed by atoms with Crippen molar-refractivity contribution in [1.29, 1.82) is 0 Å². The van der Waals surface area contributed by atoms with Crippen molar-refractivity contribution >= 4 is 17.4 Å². The van der Waals surface area contributed by atoms with Gasteiger partial charge < -0.3 is 19.7 Å². The molecule has 1 N–H and O–H groups in total. The Morgan fingerprint density at radius 2 is 2.32 bits per heavy atom. The molecule has 0 spiro atoms. The lowest BCUT2D eigenvalue weighted by molar-refractivity contribution is 0.00228. The summed E-state index contributed by atoms with van der Waals surface area (Å²) in [6, 6.07) is 2.42. The highest BCUT2D eigenvalue weighted by atomic mass is 32.1. The molecule has 1 aromatic heterocycles. The third-order valence-electron chi connectivity index (χ3n) is 4.81. The minimum Gasteiger partial charge on any atom is -0.377 e. The number of urea groups is 1. The maximum atomic E-state index is 12.5. The number of fused-ring (bicyclic) bond motifs is 1. The molecule has 1 aliphatic carbocycles. The molecule has 3 heterocycles. The van der Waals surface area contributed by atoms with Crippen LogP contribution in [0.2, 0.25) is 0 Å². The van der Waals surface area contributed by atoms with Gasteiger partial charge in [-0.2, -0.15) is 0 Å². The van der Waals surface area contributed by atoms with Gasteiger partial charge in [-0.1, -0.05) is 0 Å². The molecule has 0 radical (unpaired) electrons. The number of nitrogens with one attached hydrogen (secondary N) is 1. The Labute approximate surface area is 134 Å². The van der Waals surface area contributed by atoms with Crippen LogP contribution in [0, 0.1) is 5.92 Å². The predicted molar refractivity (Wildman–Crippen MR) is 84.2 cm³/mol. The van der Waals surface area contributed by atoms with Crippen LogP contribution in [0.15, 0.2) is 11.4 Å². The zero-order valence-corrected chi connectivity index (χ0v) is 13.4. The Kier molecular flexibility index (Phi) is 4.07. The summed E-state index contributed by atoms with van der Waals surface area (Å²) in [4.78, 5) is 15.9. The number of thiophene rings is 1. The van der Waals surface area contributed by atoms with E-state index < -0.39 is 0 Å². The van der Waals surface area contributed by atoms with Crippen LogP contribution in [0.1, 0.15) is 29.4 Å². The Morgan fingerprint density at radius 3 is 3.18 bits per heavy atom. The number of carbonyl (C=O) groups excluding carboxylic acids is 1. The van der Waals surface area contributed by atoms with Crippen LogP contribution in [-0.4, -0.2) is 49.9 Å². The molecule has 3 aliphatic rings. The summed E-state index contributed by atoms with van der Waals surface area (Å²) in [6.07, 6.45) is 3.44. The first-order valence-corrected chi connectivity index (χ1v) is 9.01. The normalized spacial score (nSPS) is 28.3. The monoisotopic (exact) mass is 322 g/mol. The Hall–Kier alpha value is -1.11. The summed E-state index contributed by atoms with van der Waals surface area (Å²) in [5, 5.41) is 5.19. The summed E-state index contributed by atoms with van der Waals surface area (Å²) in [5.74, 6) is 0.639. The van der Waals surface area contributed by atoms with Crippen molar-refractivity contribution in [2.45, 2.75) is 31.4 Å². The number of hydrogen-bond acceptors (Lipinski definition) is 4. The number of nitrogens with zero attached hydrogens (tertiary/aromatic N) is 1. The van der Waals surface area contributed by atoms with E-state index in [9.17, 15) is 4.79 Å². The first-order chi connectivity index (χ1) is 10.8. The molecule has 4 rings (SSSR count). The van der Waals surface area contributed by atoms with Gasteiger partial charge in [0.05, 0.1) is 25.9 Å². The Morgan fingerprint density at radius 1 is 1.41 bits per heavy atom. The van der Waals surface area contributed by atoms with E-state index in [-0.39, 0.29) is 18.2 Å². The number of morpholine rings is 1. The van der Waals surface area contributed by atoms with Crippen LogP contribution in [-0.2, 0) is 15.9 Å². The van der Waals surface area contributed by atoms with Gasteiger partial charge in [0.1, 0.15) is 6.10 Å². The van der Waals surface area contributed by atoms with Crippen molar-refractivity contribution < 1.29 is 14.3 Å². The van der Waals surface area contributed by atoms with Crippen molar-refractivity contribution in [2.24, 2.45) is 5.92 Å². The van der Waals surface area contributed by atoms with Gasteiger partial charge in [-0.05, 0) is 35.8 Å². The van der Waals surface area contributed by atoms with Crippen LogP contribution in [0.4, 0.5) is 4.79 Å². The Balaban J connectivity index is 1.36. The molecule has 2 amide bonds. The van der Waals surface area contributed by atoms with Crippen LogP contribution in [0.25, 0.3) is 0 Å². The third kappa shape index (κ3) is 2.87. The number of hydrogen-bond donors (Lipinski definition) is 1. The van der Waals surface area contributed by atoms with Crippen LogP contribution in [0.3, 0.4) is 0 Å². The number of carbonyl (C=O) groups is 1. The molecule has 0 unspecified atom stereocenters. The number of amides is 2. The fraction of sp³-hybridized carbons (Fsp3) is 0.688. The number of rotatable bonds is 3. The molecule has 0 bridgehead atoms. The maximum Gasteiger partial charge on any atom is 0.317 e. The first kappa shape index (κ1) is 14.5. The van der Waals surface area contributed by atoms with Gasteiger partial charge in [0.25, 0.3) is 0 Å². The first-order valence-electron chi connectivity index (χ1n) is 8.13. The summed E-state index contributed by atoms with van der Waals surface area (Å²) >= 11 is 1.78. The predicted octanol–water partition coefficient (Wildman–Crippen LogP) is 2.18. The second-order valence-corrected chi connectivity index (χ2v) is 7.27. The smallest absolute Gasteiger partial charge is 0.317 e. The van der Waals surface area contributed by atoms with E-state index in [1.54, 1.807) is 11.3 Å². The van der Waals surface area contributed by atoms with E-state index in [1.165, 1.54) is 23.3 Å². The molecule has 2 aliphatic heterocycles. The van der Waals surface area contributed by atoms with Crippen LogP contribution in [0.5, 0.6) is 0 Å². The molecular formula is C16H22N2O3S. The van der Waals surface area contributed by atoms with Gasteiger partial charge in [-0.3, -0.25) is 0 Å². The second kappa shape index (κ2) is 6.18. The maximum absolute atomic E-state index is 12.5. The topological polar surface area (TPSA) is 50.8 Å². The standard InChI is InChI=1S/C16H22N2O3S/c19-16(18-5-7-20-10-13(18)11-1-2-11)17-9-14-12-4-8-22-15(12)3-6-21-14/h4,8,11,13-14H,1-3,5-7,9-10H2,(H,17,19)/t13-,14+/m1/s1. The number of ether oxygens (including phenoxy) is 2. The fourth-order valence-electron chi connectivity index (χ4n) is 3.42. The Bertz CT molecular complexity index is 543. The molecule has 5 nitrogen and oxygen atoms in total. The second-order valence-electron chi connectivity index (χ2n) is 6.27. The molecule has 2 atom stereocenters. The highest BCUT2D eigenvalue weighted by Crippen LogP contribution is 2.36. The SMILES string of the molecule is O=C(NC[C@@H]1OCCc2sccc21)N1CCOC[C@@H]1C1CC1. The van der Waals surface area contributed by atoms with Gasteiger partial charge in [-0.15, -0.1) is 11.3 Å². The van der Waals surface area contributed by atoms with Crippen LogP contribution >= 0.6 is 11.3 Å². The molecule has 2 fully saturated rings. The van der Waals surface area contributed by atoms with Crippen molar-refractivity contribution in [3.05, 3.63) is 21.9 Å². The molecule has 0 aromatic carbocycles. The summed E-state index contributed by atoms with van der Waals surface area (Å²) in [6.45, 7) is 3.33. The van der Waals surface area contributed by atoms with Gasteiger partial charge in [0.2, 0.25) is 0 Å². The molecular weight excluding hydrogens is 300 g/mol.